The molecule has 35 heavy (non-hydrogen) atoms. The van der Waals surface area contributed by atoms with E-state index in [2.05, 4.69) is 15.4 Å². The van der Waals surface area contributed by atoms with Gasteiger partial charge in [0.1, 0.15) is 0 Å². The lowest BCUT2D eigenvalue weighted by atomic mass is 10.1. The number of nitrogens with zero attached hydrogens (tertiary/aromatic N) is 4. The highest BCUT2D eigenvalue weighted by molar-refractivity contribution is 7.90. The molecule has 4 aromatic rings. The van der Waals surface area contributed by atoms with Gasteiger partial charge in [-0.3, -0.25) is 4.79 Å². The third-order valence-corrected chi connectivity index (χ3v) is 7.12. The molecule has 1 aliphatic rings. The van der Waals surface area contributed by atoms with Crippen LogP contribution in [0.1, 0.15) is 23.2 Å². The summed E-state index contributed by atoms with van der Waals surface area (Å²) in [4.78, 5) is 19.2. The summed E-state index contributed by atoms with van der Waals surface area (Å²) in [5.74, 6) is 0.275. The summed E-state index contributed by atoms with van der Waals surface area (Å²) in [5.41, 5.74) is 3.33. The minimum absolute atomic E-state index is 0.0953. The monoisotopic (exact) mass is 491 g/mol. The number of aliphatic hydroxyl groups is 1. The molecule has 2 aromatic heterocycles. The van der Waals surface area contributed by atoms with E-state index in [-0.39, 0.29) is 10.8 Å². The number of piperidine rings is 1. The third kappa shape index (κ3) is 4.89. The zero-order valence-corrected chi connectivity index (χ0v) is 19.9. The van der Waals surface area contributed by atoms with Crippen LogP contribution >= 0.6 is 0 Å². The number of carbonyl (C=O) groups is 1. The number of amides is 1. The van der Waals surface area contributed by atoms with Crippen molar-refractivity contribution >= 4 is 33.0 Å². The van der Waals surface area contributed by atoms with Crippen molar-refractivity contribution in [1.29, 1.82) is 0 Å². The van der Waals surface area contributed by atoms with E-state index in [1.807, 2.05) is 18.2 Å². The Hall–Kier alpha value is -3.76. The van der Waals surface area contributed by atoms with Gasteiger partial charge in [-0.25, -0.2) is 12.9 Å². The fourth-order valence-corrected chi connectivity index (χ4v) is 4.89. The van der Waals surface area contributed by atoms with Gasteiger partial charge in [0.2, 0.25) is 5.95 Å². The molecular weight excluding hydrogens is 466 g/mol. The molecule has 0 unspecified atom stereocenters. The minimum atomic E-state index is -3.34. The molecular formula is C25H25N5O4S. The number of carbonyl (C=O) groups excluding carboxylic acids is 1. The largest absolute Gasteiger partial charge is 0.391 e. The fraction of sp³-hybridized carbons (Fsp3) is 0.240. The molecule has 1 amide bonds. The number of benzene rings is 2. The molecule has 10 heteroatoms. The van der Waals surface area contributed by atoms with Crippen LogP contribution in [-0.2, 0) is 9.84 Å². The molecule has 180 valence electrons. The second kappa shape index (κ2) is 9.12. The van der Waals surface area contributed by atoms with Crippen molar-refractivity contribution in [3.8, 4) is 11.1 Å². The highest BCUT2D eigenvalue weighted by Crippen LogP contribution is 2.27. The number of fused-ring (bicyclic) bond motifs is 1. The molecule has 1 fully saturated rings. The fourth-order valence-electron chi connectivity index (χ4n) is 4.23. The van der Waals surface area contributed by atoms with Gasteiger partial charge in [0.15, 0.2) is 15.5 Å². The molecule has 0 spiro atoms. The molecule has 0 radical (unpaired) electrons. The Bertz CT molecular complexity index is 1500. The van der Waals surface area contributed by atoms with E-state index in [4.69, 9.17) is 0 Å². The maximum atomic E-state index is 12.7. The summed E-state index contributed by atoms with van der Waals surface area (Å²) in [5, 5.41) is 17.5. The average molecular weight is 492 g/mol. The van der Waals surface area contributed by atoms with Gasteiger partial charge in [0.25, 0.3) is 5.91 Å². The predicted molar refractivity (Wildman–Crippen MR) is 132 cm³/mol. The minimum Gasteiger partial charge on any atom is -0.391 e. The zero-order chi connectivity index (χ0) is 24.6. The number of aliphatic hydroxyl groups excluding tert-OH is 1. The molecule has 5 rings (SSSR count). The maximum absolute atomic E-state index is 12.7. The number of rotatable bonds is 5. The standard InChI is InChI=1S/C25H25N5O4S/c1-35(33,34)21-7-2-5-18(15-21)22-8-4-14-30-23(22)27-25(28-30)26-19-11-9-17(10-12-19)24(32)29-13-3-6-20(31)16-29/h2,4-5,7-12,14-15,20,31H,3,6,13,16H2,1H3,(H,26,28)/t20-/m1/s1. The number of hydrogen-bond acceptors (Lipinski definition) is 7. The quantitative estimate of drug-likeness (QED) is 0.440. The first-order chi connectivity index (χ1) is 16.8. The van der Waals surface area contributed by atoms with Crippen molar-refractivity contribution in [3.05, 3.63) is 72.4 Å². The lowest BCUT2D eigenvalue weighted by Crippen LogP contribution is -2.42. The van der Waals surface area contributed by atoms with Crippen LogP contribution in [0.3, 0.4) is 0 Å². The van der Waals surface area contributed by atoms with Gasteiger partial charge in [-0.05, 0) is 66.9 Å². The van der Waals surface area contributed by atoms with Gasteiger partial charge in [-0.2, -0.15) is 4.98 Å². The van der Waals surface area contributed by atoms with Crippen LogP contribution < -0.4 is 5.32 Å². The smallest absolute Gasteiger partial charge is 0.253 e. The maximum Gasteiger partial charge on any atom is 0.253 e. The number of pyridine rings is 1. The topological polar surface area (TPSA) is 117 Å². The van der Waals surface area contributed by atoms with Crippen molar-refractivity contribution in [3.63, 3.8) is 0 Å². The van der Waals surface area contributed by atoms with Crippen LogP contribution in [0.25, 0.3) is 16.8 Å². The van der Waals surface area contributed by atoms with Crippen LogP contribution in [-0.4, -0.2) is 64.4 Å². The highest BCUT2D eigenvalue weighted by Gasteiger charge is 2.23. The van der Waals surface area contributed by atoms with E-state index in [9.17, 15) is 18.3 Å². The molecule has 2 aromatic carbocycles. The zero-order valence-electron chi connectivity index (χ0n) is 19.1. The number of sulfone groups is 1. The Kier molecular flexibility index (Phi) is 6.00. The van der Waals surface area contributed by atoms with E-state index in [1.165, 1.54) is 6.26 Å². The van der Waals surface area contributed by atoms with Crippen molar-refractivity contribution < 1.29 is 18.3 Å². The van der Waals surface area contributed by atoms with Crippen LogP contribution in [0, 0.1) is 0 Å². The summed E-state index contributed by atoms with van der Waals surface area (Å²) >= 11 is 0. The first-order valence-electron chi connectivity index (χ1n) is 11.3. The lowest BCUT2D eigenvalue weighted by Gasteiger charge is -2.30. The van der Waals surface area contributed by atoms with E-state index in [1.54, 1.807) is 58.1 Å². The summed E-state index contributed by atoms with van der Waals surface area (Å²) in [6.45, 7) is 1.01. The van der Waals surface area contributed by atoms with Crippen molar-refractivity contribution in [2.45, 2.75) is 23.8 Å². The van der Waals surface area contributed by atoms with E-state index < -0.39 is 15.9 Å². The Morgan fingerprint density at radius 1 is 1.11 bits per heavy atom. The molecule has 1 atom stereocenters. The van der Waals surface area contributed by atoms with Crippen molar-refractivity contribution in [1.82, 2.24) is 19.5 Å². The Morgan fingerprint density at radius 2 is 1.91 bits per heavy atom. The first-order valence-corrected chi connectivity index (χ1v) is 13.2. The number of aromatic nitrogens is 3. The molecule has 3 heterocycles. The molecule has 2 N–H and O–H groups in total. The second-order valence-corrected chi connectivity index (χ2v) is 10.7. The molecule has 0 aliphatic carbocycles. The van der Waals surface area contributed by atoms with Gasteiger partial charge < -0.3 is 15.3 Å². The summed E-state index contributed by atoms with van der Waals surface area (Å²) in [6.07, 6.45) is 4.01. The summed E-state index contributed by atoms with van der Waals surface area (Å²) in [7, 11) is -3.34. The first kappa shape index (κ1) is 23.0. The van der Waals surface area contributed by atoms with Crippen molar-refractivity contribution in [2.24, 2.45) is 0 Å². The summed E-state index contributed by atoms with van der Waals surface area (Å²) in [6, 6.07) is 17.5. The molecule has 9 nitrogen and oxygen atoms in total. The Labute approximate surface area is 203 Å². The van der Waals surface area contributed by atoms with Crippen LogP contribution in [0.5, 0.6) is 0 Å². The average Bonchev–Trinajstić information content (AvgIpc) is 3.26. The molecule has 1 aliphatic heterocycles. The van der Waals surface area contributed by atoms with Gasteiger partial charge in [-0.15, -0.1) is 5.10 Å². The van der Waals surface area contributed by atoms with Gasteiger partial charge >= 0.3 is 0 Å². The number of nitrogens with one attached hydrogen (secondary N) is 1. The molecule has 0 saturated carbocycles. The number of anilines is 2. The van der Waals surface area contributed by atoms with Crippen LogP contribution in [0.2, 0.25) is 0 Å². The second-order valence-electron chi connectivity index (χ2n) is 8.68. The van der Waals surface area contributed by atoms with E-state index >= 15 is 0 Å². The third-order valence-electron chi connectivity index (χ3n) is 6.01. The highest BCUT2D eigenvalue weighted by atomic mass is 32.2. The SMILES string of the molecule is CS(=O)(=O)c1cccc(-c2cccn3nc(Nc4ccc(C(=O)N5CCC[C@@H](O)C5)cc4)nc23)c1. The number of β-amino-alcohol motifs (C(OH)–C–C–N with tert-alkyl or cyclic N) is 1. The number of likely N-dealkylation sites (tertiary alicyclic amines) is 1. The Morgan fingerprint density at radius 3 is 2.66 bits per heavy atom. The molecule has 0 bridgehead atoms. The summed E-state index contributed by atoms with van der Waals surface area (Å²) < 4.78 is 25.6. The lowest BCUT2D eigenvalue weighted by molar-refractivity contribution is 0.0474. The van der Waals surface area contributed by atoms with Crippen molar-refractivity contribution in [2.75, 3.05) is 24.7 Å². The molecule has 1 saturated heterocycles. The van der Waals surface area contributed by atoms with Crippen LogP contribution in [0.4, 0.5) is 11.6 Å². The van der Waals surface area contributed by atoms with Crippen LogP contribution in [0.15, 0.2) is 71.8 Å². The van der Waals surface area contributed by atoms with Gasteiger partial charge in [-0.1, -0.05) is 12.1 Å². The Balaban J connectivity index is 1.38. The van der Waals surface area contributed by atoms with Gasteiger partial charge in [0, 0.05) is 42.4 Å². The van der Waals surface area contributed by atoms with E-state index in [0.29, 0.717) is 30.2 Å². The van der Waals surface area contributed by atoms with Gasteiger partial charge in [0.05, 0.1) is 11.0 Å². The van der Waals surface area contributed by atoms with E-state index in [0.717, 1.165) is 29.7 Å². The number of hydrogen-bond donors (Lipinski definition) is 2. The predicted octanol–water partition coefficient (Wildman–Crippen LogP) is 3.14. The normalized spacial score (nSPS) is 16.4.